The van der Waals surface area contributed by atoms with Crippen molar-refractivity contribution in [2.45, 2.75) is 32.2 Å². The first-order valence-corrected chi connectivity index (χ1v) is 6.32. The highest BCUT2D eigenvalue weighted by molar-refractivity contribution is 5.91. The maximum absolute atomic E-state index is 11.7. The maximum atomic E-state index is 11.7. The Labute approximate surface area is 111 Å². The molecule has 5 heteroatoms. The fourth-order valence-corrected chi connectivity index (χ4v) is 2.29. The molecule has 2 N–H and O–H groups in total. The molecule has 1 aromatic heterocycles. The van der Waals surface area contributed by atoms with Crippen LogP contribution in [0, 0.1) is 12.8 Å². The molecule has 2 atom stereocenters. The zero-order valence-corrected chi connectivity index (χ0v) is 10.8. The van der Waals surface area contributed by atoms with Crippen LogP contribution in [0.25, 0.3) is 6.08 Å². The summed E-state index contributed by atoms with van der Waals surface area (Å²) in [5.41, 5.74) is 0. The summed E-state index contributed by atoms with van der Waals surface area (Å²) >= 11 is 0. The van der Waals surface area contributed by atoms with Crippen LogP contribution in [-0.4, -0.2) is 23.0 Å². The molecule has 0 spiro atoms. The largest absolute Gasteiger partial charge is 0.481 e. The van der Waals surface area contributed by atoms with Crippen molar-refractivity contribution in [1.82, 2.24) is 5.32 Å². The highest BCUT2D eigenvalue weighted by Crippen LogP contribution is 2.25. The average Bonchev–Trinajstić information content (AvgIpc) is 2.96. The lowest BCUT2D eigenvalue weighted by molar-refractivity contribution is -0.141. The fraction of sp³-hybridized carbons (Fsp3) is 0.429. The molecule has 0 unspecified atom stereocenters. The van der Waals surface area contributed by atoms with E-state index >= 15 is 0 Å². The van der Waals surface area contributed by atoms with Crippen LogP contribution in [0.4, 0.5) is 0 Å². The van der Waals surface area contributed by atoms with Gasteiger partial charge >= 0.3 is 5.97 Å². The average molecular weight is 263 g/mol. The molecule has 0 saturated heterocycles. The fourth-order valence-electron chi connectivity index (χ4n) is 2.29. The van der Waals surface area contributed by atoms with E-state index in [2.05, 4.69) is 5.32 Å². The van der Waals surface area contributed by atoms with E-state index < -0.39 is 5.97 Å². The van der Waals surface area contributed by atoms with Gasteiger partial charge in [-0.05, 0) is 44.4 Å². The summed E-state index contributed by atoms with van der Waals surface area (Å²) in [6, 6.07) is 3.57. The second kappa shape index (κ2) is 5.73. The summed E-state index contributed by atoms with van der Waals surface area (Å²) in [6.45, 7) is 1.84. The molecule has 5 nitrogen and oxygen atoms in total. The summed E-state index contributed by atoms with van der Waals surface area (Å²) in [6.07, 6.45) is 4.87. The van der Waals surface area contributed by atoms with Crippen LogP contribution in [0.5, 0.6) is 0 Å². The maximum Gasteiger partial charge on any atom is 0.306 e. The van der Waals surface area contributed by atoms with E-state index in [9.17, 15) is 9.59 Å². The van der Waals surface area contributed by atoms with Gasteiger partial charge in [-0.1, -0.05) is 0 Å². The van der Waals surface area contributed by atoms with Gasteiger partial charge in [0, 0.05) is 12.1 Å². The Bertz CT molecular complexity index is 503. The smallest absolute Gasteiger partial charge is 0.306 e. The number of carboxylic acids is 1. The van der Waals surface area contributed by atoms with Crippen molar-refractivity contribution in [1.29, 1.82) is 0 Å². The van der Waals surface area contributed by atoms with Crippen LogP contribution in [-0.2, 0) is 9.59 Å². The number of aliphatic carboxylic acids is 1. The van der Waals surface area contributed by atoms with Gasteiger partial charge in [0.2, 0.25) is 5.91 Å². The third-order valence-electron chi connectivity index (χ3n) is 3.29. The number of hydrogen-bond donors (Lipinski definition) is 2. The van der Waals surface area contributed by atoms with Crippen LogP contribution < -0.4 is 5.32 Å². The third-order valence-corrected chi connectivity index (χ3v) is 3.29. The Balaban J connectivity index is 1.82. The molecular weight excluding hydrogens is 246 g/mol. The van der Waals surface area contributed by atoms with E-state index in [1.54, 1.807) is 12.1 Å². The minimum absolute atomic E-state index is 0.0448. The van der Waals surface area contributed by atoms with Crippen molar-refractivity contribution in [3.8, 4) is 0 Å². The van der Waals surface area contributed by atoms with Crippen LogP contribution in [0.15, 0.2) is 22.6 Å². The van der Waals surface area contributed by atoms with E-state index in [0.717, 1.165) is 12.2 Å². The van der Waals surface area contributed by atoms with Gasteiger partial charge in [-0.2, -0.15) is 0 Å². The van der Waals surface area contributed by atoms with Gasteiger partial charge in [0.25, 0.3) is 0 Å². The van der Waals surface area contributed by atoms with Crippen LogP contribution in [0.2, 0.25) is 0 Å². The quantitative estimate of drug-likeness (QED) is 0.814. The molecule has 0 radical (unpaired) electrons. The number of carboxylic acid groups (broad SMARTS) is 1. The molecular formula is C14H17NO4. The van der Waals surface area contributed by atoms with Crippen molar-refractivity contribution in [3.05, 3.63) is 29.7 Å². The number of hydrogen-bond acceptors (Lipinski definition) is 3. The second-order valence-electron chi connectivity index (χ2n) is 4.84. The molecule has 102 valence electrons. The molecule has 1 saturated carbocycles. The van der Waals surface area contributed by atoms with Gasteiger partial charge in [-0.3, -0.25) is 9.59 Å². The van der Waals surface area contributed by atoms with Crippen molar-refractivity contribution >= 4 is 18.0 Å². The number of carbonyl (C=O) groups excluding carboxylic acids is 1. The molecule has 0 aliphatic heterocycles. The van der Waals surface area contributed by atoms with Gasteiger partial charge in [0.05, 0.1) is 5.92 Å². The van der Waals surface area contributed by atoms with Crippen LogP contribution in [0.1, 0.15) is 30.8 Å². The predicted molar refractivity (Wildman–Crippen MR) is 69.4 cm³/mol. The van der Waals surface area contributed by atoms with Crippen LogP contribution in [0.3, 0.4) is 0 Å². The zero-order valence-electron chi connectivity index (χ0n) is 10.8. The molecule has 19 heavy (non-hydrogen) atoms. The standard InChI is InChI=1S/C14H17NO4/c1-9-2-5-12(19-9)6-7-13(16)15-11-4-3-10(8-11)14(17)18/h2,5-7,10-11H,3-4,8H2,1H3,(H,15,16)(H,17,18)/b7-6+/t10-,11+/m1/s1. The van der Waals surface area contributed by atoms with Gasteiger partial charge in [-0.15, -0.1) is 0 Å². The molecule has 1 aliphatic carbocycles. The summed E-state index contributed by atoms with van der Waals surface area (Å²) in [5, 5.41) is 11.7. The molecule has 1 aromatic rings. The molecule has 1 heterocycles. The molecule has 0 aromatic carbocycles. The number of aryl methyl sites for hydroxylation is 1. The van der Waals surface area contributed by atoms with E-state index in [1.807, 2.05) is 13.0 Å². The van der Waals surface area contributed by atoms with Gasteiger partial charge in [0.15, 0.2) is 0 Å². The number of rotatable bonds is 4. The normalized spacial score (nSPS) is 22.8. The summed E-state index contributed by atoms with van der Waals surface area (Å²) in [5.74, 6) is 0.0908. The van der Waals surface area contributed by atoms with Crippen molar-refractivity contribution < 1.29 is 19.1 Å². The molecule has 2 rings (SSSR count). The van der Waals surface area contributed by atoms with Crippen LogP contribution >= 0.6 is 0 Å². The Hall–Kier alpha value is -2.04. The number of furan rings is 1. The highest BCUT2D eigenvalue weighted by atomic mass is 16.4. The van der Waals surface area contributed by atoms with E-state index in [0.29, 0.717) is 18.6 Å². The molecule has 0 bridgehead atoms. The summed E-state index contributed by atoms with van der Waals surface area (Å²) < 4.78 is 5.31. The SMILES string of the molecule is Cc1ccc(/C=C/C(=O)N[C@H]2CC[C@@H](C(=O)O)C2)o1. The molecule has 1 amide bonds. The summed E-state index contributed by atoms with van der Waals surface area (Å²) in [7, 11) is 0. The lowest BCUT2D eigenvalue weighted by Gasteiger charge is -2.09. The number of amides is 1. The third kappa shape index (κ3) is 3.71. The van der Waals surface area contributed by atoms with E-state index in [1.165, 1.54) is 6.08 Å². The van der Waals surface area contributed by atoms with E-state index in [-0.39, 0.29) is 17.9 Å². The zero-order chi connectivity index (χ0) is 13.8. The monoisotopic (exact) mass is 263 g/mol. The second-order valence-corrected chi connectivity index (χ2v) is 4.84. The van der Waals surface area contributed by atoms with E-state index in [4.69, 9.17) is 9.52 Å². The van der Waals surface area contributed by atoms with Crippen molar-refractivity contribution in [2.75, 3.05) is 0 Å². The minimum atomic E-state index is -0.779. The Morgan fingerprint density at radius 1 is 1.42 bits per heavy atom. The first kappa shape index (κ1) is 13.4. The van der Waals surface area contributed by atoms with Gasteiger partial charge < -0.3 is 14.8 Å². The first-order valence-electron chi connectivity index (χ1n) is 6.32. The Kier molecular flexibility index (Phi) is 4.04. The lowest BCUT2D eigenvalue weighted by atomic mass is 10.1. The lowest BCUT2D eigenvalue weighted by Crippen LogP contribution is -2.31. The first-order chi connectivity index (χ1) is 9.04. The minimum Gasteiger partial charge on any atom is -0.481 e. The summed E-state index contributed by atoms with van der Waals surface area (Å²) in [4.78, 5) is 22.5. The molecule has 1 fully saturated rings. The Morgan fingerprint density at radius 2 is 2.21 bits per heavy atom. The van der Waals surface area contributed by atoms with Gasteiger partial charge in [-0.25, -0.2) is 0 Å². The topological polar surface area (TPSA) is 79.5 Å². The Morgan fingerprint density at radius 3 is 2.79 bits per heavy atom. The molecule has 1 aliphatic rings. The number of nitrogens with one attached hydrogen (secondary N) is 1. The number of carbonyl (C=O) groups is 2. The highest BCUT2D eigenvalue weighted by Gasteiger charge is 2.30. The predicted octanol–water partition coefficient (Wildman–Crippen LogP) is 1.97. The van der Waals surface area contributed by atoms with Crippen molar-refractivity contribution in [2.24, 2.45) is 5.92 Å². The van der Waals surface area contributed by atoms with Crippen molar-refractivity contribution in [3.63, 3.8) is 0 Å². The van der Waals surface area contributed by atoms with Gasteiger partial charge in [0.1, 0.15) is 11.5 Å².